The van der Waals surface area contributed by atoms with Gasteiger partial charge in [0.1, 0.15) is 18.1 Å². The zero-order chi connectivity index (χ0) is 24.8. The maximum absolute atomic E-state index is 13.8. The van der Waals surface area contributed by atoms with Crippen LogP contribution in [0, 0.1) is 0 Å². The standard InChI is InChI=1S/C25H25N5O4S/c1-17(31)18-9-11-19(12-10-18)30(23(32)16-29-21-7-4-3-6-20(21)27-28-29)24(22-8-5-15-35-22)25(33)26-13-14-34-2/h3-12,15,24H,13-14,16H2,1-2H3,(H,26,33). The monoisotopic (exact) mass is 491 g/mol. The number of aromatic nitrogens is 3. The van der Waals surface area contributed by atoms with Gasteiger partial charge in [-0.15, -0.1) is 16.4 Å². The summed E-state index contributed by atoms with van der Waals surface area (Å²) in [6.45, 7) is 2.00. The minimum absolute atomic E-state index is 0.0874. The van der Waals surface area contributed by atoms with Crippen molar-refractivity contribution in [3.05, 3.63) is 76.5 Å². The molecular formula is C25H25N5O4S. The van der Waals surface area contributed by atoms with Gasteiger partial charge in [0.05, 0.1) is 12.1 Å². The Hall–Kier alpha value is -3.89. The van der Waals surface area contributed by atoms with Crippen molar-refractivity contribution in [3.8, 4) is 0 Å². The SMILES string of the molecule is COCCNC(=O)C(c1cccs1)N(C(=O)Cn1nnc2ccccc21)c1ccc(C(C)=O)cc1. The molecule has 4 aromatic rings. The molecule has 1 unspecified atom stereocenters. The smallest absolute Gasteiger partial charge is 0.249 e. The van der Waals surface area contributed by atoms with E-state index in [-0.39, 0.29) is 24.1 Å². The number of fused-ring (bicyclic) bond motifs is 1. The van der Waals surface area contributed by atoms with E-state index in [1.165, 1.54) is 27.8 Å². The zero-order valence-corrected chi connectivity index (χ0v) is 20.2. The van der Waals surface area contributed by atoms with Gasteiger partial charge in [0.15, 0.2) is 5.78 Å². The first-order valence-electron chi connectivity index (χ1n) is 11.0. The number of nitrogens with zero attached hydrogens (tertiary/aromatic N) is 4. The van der Waals surface area contributed by atoms with Crippen LogP contribution in [0.15, 0.2) is 66.0 Å². The van der Waals surface area contributed by atoms with Gasteiger partial charge < -0.3 is 10.1 Å². The van der Waals surface area contributed by atoms with Crippen molar-refractivity contribution in [1.82, 2.24) is 20.3 Å². The number of amides is 2. The second-order valence-electron chi connectivity index (χ2n) is 7.80. The van der Waals surface area contributed by atoms with Crippen molar-refractivity contribution in [2.75, 3.05) is 25.2 Å². The zero-order valence-electron chi connectivity index (χ0n) is 19.4. The molecule has 1 N–H and O–H groups in total. The second kappa shape index (κ2) is 11.0. The molecule has 0 radical (unpaired) electrons. The summed E-state index contributed by atoms with van der Waals surface area (Å²) in [6.07, 6.45) is 0. The van der Waals surface area contributed by atoms with E-state index in [2.05, 4.69) is 15.6 Å². The molecule has 9 nitrogen and oxygen atoms in total. The van der Waals surface area contributed by atoms with Crippen molar-refractivity contribution >= 4 is 45.7 Å². The van der Waals surface area contributed by atoms with E-state index in [0.717, 1.165) is 0 Å². The van der Waals surface area contributed by atoms with Crippen molar-refractivity contribution in [2.45, 2.75) is 19.5 Å². The van der Waals surface area contributed by atoms with Crippen LogP contribution in [-0.2, 0) is 20.9 Å². The van der Waals surface area contributed by atoms with Crippen LogP contribution in [0.5, 0.6) is 0 Å². The van der Waals surface area contributed by atoms with E-state index in [1.807, 2.05) is 41.8 Å². The molecule has 10 heteroatoms. The Kier molecular flexibility index (Phi) is 7.64. The number of carbonyl (C=O) groups excluding carboxylic acids is 3. The number of ether oxygens (including phenoxy) is 1. The van der Waals surface area contributed by atoms with Gasteiger partial charge >= 0.3 is 0 Å². The van der Waals surface area contributed by atoms with E-state index in [9.17, 15) is 14.4 Å². The highest BCUT2D eigenvalue weighted by molar-refractivity contribution is 7.10. The van der Waals surface area contributed by atoms with Gasteiger partial charge in [-0.2, -0.15) is 0 Å². The van der Waals surface area contributed by atoms with Gasteiger partial charge in [0.25, 0.3) is 0 Å². The molecule has 180 valence electrons. The summed E-state index contributed by atoms with van der Waals surface area (Å²) in [5.41, 5.74) is 2.39. The Morgan fingerprint density at radius 1 is 1.09 bits per heavy atom. The fraction of sp³-hybridized carbons (Fsp3) is 0.240. The summed E-state index contributed by atoms with van der Waals surface area (Å²) in [5.74, 6) is -0.774. The molecule has 0 saturated heterocycles. The summed E-state index contributed by atoms with van der Waals surface area (Å²) in [7, 11) is 1.55. The van der Waals surface area contributed by atoms with Gasteiger partial charge in [0, 0.05) is 29.8 Å². The van der Waals surface area contributed by atoms with E-state index < -0.39 is 6.04 Å². The number of carbonyl (C=O) groups is 3. The molecule has 2 aromatic carbocycles. The predicted octanol–water partition coefficient (Wildman–Crippen LogP) is 3.23. The molecule has 0 aliphatic carbocycles. The van der Waals surface area contributed by atoms with Crippen LogP contribution in [0.25, 0.3) is 11.0 Å². The van der Waals surface area contributed by atoms with Crippen molar-refractivity contribution in [1.29, 1.82) is 0 Å². The summed E-state index contributed by atoms with van der Waals surface area (Å²) >= 11 is 1.38. The van der Waals surface area contributed by atoms with E-state index >= 15 is 0 Å². The minimum atomic E-state index is -0.919. The summed E-state index contributed by atoms with van der Waals surface area (Å²) < 4.78 is 6.58. The number of benzene rings is 2. The van der Waals surface area contributed by atoms with Gasteiger partial charge in [-0.1, -0.05) is 23.4 Å². The van der Waals surface area contributed by atoms with Crippen LogP contribution >= 0.6 is 11.3 Å². The van der Waals surface area contributed by atoms with E-state index in [0.29, 0.717) is 40.3 Å². The Balaban J connectivity index is 1.74. The quantitative estimate of drug-likeness (QED) is 0.270. The Morgan fingerprint density at radius 2 is 1.86 bits per heavy atom. The van der Waals surface area contributed by atoms with Crippen molar-refractivity contribution in [2.24, 2.45) is 0 Å². The second-order valence-corrected chi connectivity index (χ2v) is 8.78. The molecule has 2 amide bonds. The molecule has 0 fully saturated rings. The molecule has 4 rings (SSSR count). The van der Waals surface area contributed by atoms with Crippen LogP contribution in [-0.4, -0.2) is 52.9 Å². The normalized spacial score (nSPS) is 11.8. The number of para-hydroxylation sites is 1. The summed E-state index contributed by atoms with van der Waals surface area (Å²) in [6, 6.07) is 16.7. The fourth-order valence-electron chi connectivity index (χ4n) is 3.73. The Labute approximate surface area is 206 Å². The van der Waals surface area contributed by atoms with Crippen molar-refractivity contribution in [3.63, 3.8) is 0 Å². The molecule has 0 aliphatic rings. The number of hydrogen-bond acceptors (Lipinski definition) is 7. The average Bonchev–Trinajstić information content (AvgIpc) is 3.53. The van der Waals surface area contributed by atoms with Gasteiger partial charge in [-0.3, -0.25) is 19.3 Å². The molecule has 0 aliphatic heterocycles. The molecule has 2 heterocycles. The highest BCUT2D eigenvalue weighted by Crippen LogP contribution is 2.31. The molecule has 1 atom stereocenters. The van der Waals surface area contributed by atoms with Crippen LogP contribution in [0.4, 0.5) is 5.69 Å². The lowest BCUT2D eigenvalue weighted by Crippen LogP contribution is -2.45. The number of rotatable bonds is 10. The largest absolute Gasteiger partial charge is 0.383 e. The molecule has 0 saturated carbocycles. The maximum atomic E-state index is 13.8. The average molecular weight is 492 g/mol. The third-order valence-corrected chi connectivity index (χ3v) is 6.38. The lowest BCUT2D eigenvalue weighted by Gasteiger charge is -2.30. The van der Waals surface area contributed by atoms with Crippen LogP contribution in [0.1, 0.15) is 28.2 Å². The Bertz CT molecular complexity index is 1320. The van der Waals surface area contributed by atoms with Gasteiger partial charge in [0.2, 0.25) is 11.8 Å². The fourth-order valence-corrected chi connectivity index (χ4v) is 4.54. The van der Waals surface area contributed by atoms with E-state index in [4.69, 9.17) is 4.74 Å². The van der Waals surface area contributed by atoms with Gasteiger partial charge in [-0.05, 0) is 54.8 Å². The Morgan fingerprint density at radius 3 is 2.54 bits per heavy atom. The molecule has 2 aromatic heterocycles. The highest BCUT2D eigenvalue weighted by atomic mass is 32.1. The number of methoxy groups -OCH3 is 1. The first-order chi connectivity index (χ1) is 17.0. The number of Topliss-reactive ketones (excluding diaryl/α,β-unsaturated/α-hetero) is 1. The molecular weight excluding hydrogens is 466 g/mol. The lowest BCUT2D eigenvalue weighted by molar-refractivity contribution is -0.127. The number of ketones is 1. The first kappa shape index (κ1) is 24.2. The molecule has 0 bridgehead atoms. The number of nitrogens with one attached hydrogen (secondary N) is 1. The molecule has 0 spiro atoms. The molecule has 35 heavy (non-hydrogen) atoms. The minimum Gasteiger partial charge on any atom is -0.383 e. The van der Waals surface area contributed by atoms with Crippen LogP contribution in [0.2, 0.25) is 0 Å². The van der Waals surface area contributed by atoms with Crippen LogP contribution in [0.3, 0.4) is 0 Å². The summed E-state index contributed by atoms with van der Waals surface area (Å²) in [5, 5.41) is 13.0. The summed E-state index contributed by atoms with van der Waals surface area (Å²) in [4.78, 5) is 41.2. The van der Waals surface area contributed by atoms with Gasteiger partial charge in [-0.25, -0.2) is 4.68 Å². The highest BCUT2D eigenvalue weighted by Gasteiger charge is 2.34. The lowest BCUT2D eigenvalue weighted by atomic mass is 10.1. The number of anilines is 1. The van der Waals surface area contributed by atoms with E-state index in [1.54, 1.807) is 31.4 Å². The van der Waals surface area contributed by atoms with Crippen LogP contribution < -0.4 is 10.2 Å². The maximum Gasteiger partial charge on any atom is 0.249 e. The third-order valence-electron chi connectivity index (χ3n) is 5.45. The van der Waals surface area contributed by atoms with Crippen molar-refractivity contribution < 1.29 is 19.1 Å². The number of thiophene rings is 1. The topological polar surface area (TPSA) is 106 Å². The third kappa shape index (κ3) is 5.44. The first-order valence-corrected chi connectivity index (χ1v) is 11.9. The predicted molar refractivity (Wildman–Crippen MR) is 133 cm³/mol. The number of hydrogen-bond donors (Lipinski definition) is 1.